The first-order valence-corrected chi connectivity index (χ1v) is 8.61. The Morgan fingerprint density at radius 3 is 1.06 bits per heavy atom. The van der Waals surface area contributed by atoms with E-state index in [0.717, 1.165) is 47.3 Å². The Balaban J connectivity index is 1.93. The summed E-state index contributed by atoms with van der Waals surface area (Å²) in [4.78, 5) is 0. The van der Waals surface area contributed by atoms with Crippen LogP contribution in [0.5, 0.6) is 0 Å². The number of fused-ring (bicyclic) bond motifs is 2. The Labute approximate surface area is 114 Å². The summed E-state index contributed by atoms with van der Waals surface area (Å²) >= 11 is 0. The summed E-state index contributed by atoms with van der Waals surface area (Å²) in [5.74, 6) is 8.37. The van der Waals surface area contributed by atoms with E-state index in [0.29, 0.717) is 0 Å². The van der Waals surface area contributed by atoms with Crippen molar-refractivity contribution in [1.29, 1.82) is 0 Å². The van der Waals surface area contributed by atoms with Gasteiger partial charge in [0.15, 0.2) is 0 Å². The Morgan fingerprint density at radius 1 is 0.556 bits per heavy atom. The van der Waals surface area contributed by atoms with Crippen molar-refractivity contribution in [3.8, 4) is 0 Å². The fourth-order valence-corrected chi connectivity index (χ4v) is 6.56. The SMILES string of the molecule is CC(C)C1C2CCCC2C(C(C)C)C2CCCC21. The molecule has 3 saturated carbocycles. The second-order valence-corrected chi connectivity index (χ2v) is 8.16. The fourth-order valence-electron chi connectivity index (χ4n) is 6.56. The van der Waals surface area contributed by atoms with Crippen LogP contribution < -0.4 is 0 Å². The van der Waals surface area contributed by atoms with Crippen molar-refractivity contribution in [3.63, 3.8) is 0 Å². The van der Waals surface area contributed by atoms with Crippen LogP contribution in [0.25, 0.3) is 0 Å². The van der Waals surface area contributed by atoms with Crippen LogP contribution in [-0.4, -0.2) is 0 Å². The third kappa shape index (κ3) is 1.86. The van der Waals surface area contributed by atoms with E-state index < -0.39 is 0 Å². The van der Waals surface area contributed by atoms with Crippen molar-refractivity contribution < 1.29 is 0 Å². The van der Waals surface area contributed by atoms with E-state index in [1.54, 1.807) is 25.7 Å². The minimum absolute atomic E-state index is 0.925. The molecule has 4 unspecified atom stereocenters. The van der Waals surface area contributed by atoms with Crippen LogP contribution >= 0.6 is 0 Å². The molecule has 0 aliphatic heterocycles. The lowest BCUT2D eigenvalue weighted by atomic mass is 9.54. The molecule has 0 aromatic heterocycles. The standard InChI is InChI=1S/C18H32/c1-11(2)17-13-7-5-9-15(13)18(12(3)4)16-10-6-8-14(16)17/h11-18H,5-10H2,1-4H3. The van der Waals surface area contributed by atoms with E-state index in [4.69, 9.17) is 0 Å². The van der Waals surface area contributed by atoms with Gasteiger partial charge >= 0.3 is 0 Å². The molecule has 0 bridgehead atoms. The summed E-state index contributed by atoms with van der Waals surface area (Å²) in [6, 6.07) is 0. The molecule has 0 heteroatoms. The first-order valence-electron chi connectivity index (χ1n) is 8.61. The molecule has 0 N–H and O–H groups in total. The molecule has 4 atom stereocenters. The quantitative estimate of drug-likeness (QED) is 0.615. The molecule has 104 valence electrons. The first kappa shape index (κ1) is 13.0. The van der Waals surface area contributed by atoms with Crippen LogP contribution in [0.1, 0.15) is 66.2 Å². The first-order chi connectivity index (χ1) is 8.61. The van der Waals surface area contributed by atoms with Gasteiger partial charge in [-0.15, -0.1) is 0 Å². The summed E-state index contributed by atoms with van der Waals surface area (Å²) in [7, 11) is 0. The van der Waals surface area contributed by atoms with E-state index in [2.05, 4.69) is 27.7 Å². The number of hydrogen-bond donors (Lipinski definition) is 0. The molecule has 0 nitrogen and oxygen atoms in total. The highest BCUT2D eigenvalue weighted by atomic mass is 14.6. The van der Waals surface area contributed by atoms with Crippen molar-refractivity contribution in [1.82, 2.24) is 0 Å². The minimum atomic E-state index is 0.925. The number of rotatable bonds is 2. The Bertz CT molecular complexity index is 240. The topological polar surface area (TPSA) is 0 Å². The molecule has 0 spiro atoms. The van der Waals surface area contributed by atoms with E-state index in [1.165, 1.54) is 12.8 Å². The zero-order valence-corrected chi connectivity index (χ0v) is 12.9. The monoisotopic (exact) mass is 248 g/mol. The molecule has 3 aliphatic rings. The van der Waals surface area contributed by atoms with Gasteiger partial charge in [-0.05, 0) is 73.0 Å². The maximum atomic E-state index is 2.51. The zero-order valence-electron chi connectivity index (χ0n) is 12.9. The predicted octanol–water partition coefficient (Wildman–Crippen LogP) is 5.38. The second kappa shape index (κ2) is 4.84. The smallest absolute Gasteiger partial charge is 0.0329 e. The van der Waals surface area contributed by atoms with E-state index >= 15 is 0 Å². The van der Waals surface area contributed by atoms with Gasteiger partial charge in [-0.1, -0.05) is 40.5 Å². The summed E-state index contributed by atoms with van der Waals surface area (Å²) in [6.45, 7) is 10.0. The molecule has 0 amide bonds. The van der Waals surface area contributed by atoms with Gasteiger partial charge < -0.3 is 0 Å². The van der Waals surface area contributed by atoms with E-state index in [9.17, 15) is 0 Å². The highest BCUT2D eigenvalue weighted by Crippen LogP contribution is 2.61. The molecule has 0 radical (unpaired) electrons. The van der Waals surface area contributed by atoms with Gasteiger partial charge in [-0.2, -0.15) is 0 Å². The van der Waals surface area contributed by atoms with Crippen LogP contribution in [-0.2, 0) is 0 Å². The lowest BCUT2D eigenvalue weighted by Crippen LogP contribution is -2.46. The Hall–Kier alpha value is 0. The van der Waals surface area contributed by atoms with Crippen LogP contribution in [0, 0.1) is 47.3 Å². The van der Waals surface area contributed by atoms with Crippen molar-refractivity contribution in [2.45, 2.75) is 66.2 Å². The Kier molecular flexibility index (Phi) is 3.49. The second-order valence-electron chi connectivity index (χ2n) is 8.16. The van der Waals surface area contributed by atoms with Crippen LogP contribution in [0.4, 0.5) is 0 Å². The van der Waals surface area contributed by atoms with Crippen molar-refractivity contribution in [3.05, 3.63) is 0 Å². The predicted molar refractivity (Wildman–Crippen MR) is 78.3 cm³/mol. The van der Waals surface area contributed by atoms with Crippen LogP contribution in [0.3, 0.4) is 0 Å². The normalized spacial score (nSPS) is 47.7. The van der Waals surface area contributed by atoms with Gasteiger partial charge in [0.1, 0.15) is 0 Å². The van der Waals surface area contributed by atoms with Crippen LogP contribution in [0.15, 0.2) is 0 Å². The molecule has 3 fully saturated rings. The highest BCUT2D eigenvalue weighted by molar-refractivity contribution is 5.02. The van der Waals surface area contributed by atoms with Crippen LogP contribution in [0.2, 0.25) is 0 Å². The molecular formula is C18H32. The van der Waals surface area contributed by atoms with Gasteiger partial charge in [0.2, 0.25) is 0 Å². The van der Waals surface area contributed by atoms with Gasteiger partial charge in [0.25, 0.3) is 0 Å². The summed E-state index contributed by atoms with van der Waals surface area (Å²) in [5.41, 5.74) is 0. The average molecular weight is 248 g/mol. The molecule has 0 aromatic carbocycles. The van der Waals surface area contributed by atoms with Gasteiger partial charge in [0.05, 0.1) is 0 Å². The molecule has 0 aromatic rings. The zero-order chi connectivity index (χ0) is 12.9. The van der Waals surface area contributed by atoms with E-state index in [1.807, 2.05) is 0 Å². The van der Waals surface area contributed by atoms with E-state index in [-0.39, 0.29) is 0 Å². The summed E-state index contributed by atoms with van der Waals surface area (Å²) in [6.07, 6.45) is 9.28. The third-order valence-electron chi connectivity index (χ3n) is 6.77. The minimum Gasteiger partial charge on any atom is -0.0625 e. The number of hydrogen-bond acceptors (Lipinski definition) is 0. The average Bonchev–Trinajstić information content (AvgIpc) is 2.91. The molecule has 18 heavy (non-hydrogen) atoms. The van der Waals surface area contributed by atoms with Gasteiger partial charge in [-0.25, -0.2) is 0 Å². The lowest BCUT2D eigenvalue weighted by Gasteiger charge is -2.51. The molecule has 0 heterocycles. The summed E-state index contributed by atoms with van der Waals surface area (Å²) < 4.78 is 0. The maximum Gasteiger partial charge on any atom is -0.0329 e. The molecule has 3 rings (SSSR count). The van der Waals surface area contributed by atoms with Crippen molar-refractivity contribution in [2.24, 2.45) is 47.3 Å². The van der Waals surface area contributed by atoms with Gasteiger partial charge in [-0.3, -0.25) is 0 Å². The maximum absolute atomic E-state index is 2.51. The highest BCUT2D eigenvalue weighted by Gasteiger charge is 2.53. The largest absolute Gasteiger partial charge is 0.0625 e. The van der Waals surface area contributed by atoms with Crippen molar-refractivity contribution in [2.75, 3.05) is 0 Å². The lowest BCUT2D eigenvalue weighted by molar-refractivity contribution is -0.0305. The molecule has 0 saturated heterocycles. The summed E-state index contributed by atoms with van der Waals surface area (Å²) in [5, 5.41) is 0. The van der Waals surface area contributed by atoms with Gasteiger partial charge in [0, 0.05) is 0 Å². The Morgan fingerprint density at radius 2 is 0.833 bits per heavy atom. The van der Waals surface area contributed by atoms with Crippen molar-refractivity contribution >= 4 is 0 Å². The third-order valence-corrected chi connectivity index (χ3v) is 6.77. The molecular weight excluding hydrogens is 216 g/mol. The molecule has 3 aliphatic carbocycles. The fraction of sp³-hybridized carbons (Fsp3) is 1.00.